The van der Waals surface area contributed by atoms with Gasteiger partial charge in [-0.25, -0.2) is 9.78 Å². The number of carbonyl (C=O) groups excluding carboxylic acids is 2. The summed E-state index contributed by atoms with van der Waals surface area (Å²) >= 11 is 0. The number of esters is 1. The SMILES string of the molecule is COC(=O)c1ccc(Nc2nc(Nc3ccc(Oc4ccccc4)cc3)nc3ccc(NC(C)=O)cc23)cc1. The average Bonchev–Trinajstić information content (AvgIpc) is 2.95. The Morgan fingerprint density at radius 3 is 2.05 bits per heavy atom. The van der Waals surface area contributed by atoms with Crippen molar-refractivity contribution in [3.8, 4) is 11.5 Å². The summed E-state index contributed by atoms with van der Waals surface area (Å²) in [6, 6.07) is 29.3. The lowest BCUT2D eigenvalue weighted by atomic mass is 10.2. The zero-order valence-electron chi connectivity index (χ0n) is 21.3. The van der Waals surface area contributed by atoms with Gasteiger partial charge >= 0.3 is 5.97 Å². The molecule has 0 saturated heterocycles. The molecular formula is C30H25N5O4. The highest BCUT2D eigenvalue weighted by Gasteiger charge is 2.12. The lowest BCUT2D eigenvalue weighted by Crippen LogP contribution is -2.07. The van der Waals surface area contributed by atoms with E-state index in [1.807, 2.05) is 60.7 Å². The number of benzene rings is 4. The molecule has 0 aliphatic carbocycles. The van der Waals surface area contributed by atoms with Crippen molar-refractivity contribution >= 4 is 51.6 Å². The van der Waals surface area contributed by atoms with Gasteiger partial charge in [-0.1, -0.05) is 18.2 Å². The molecule has 0 aliphatic heterocycles. The molecule has 0 fully saturated rings. The maximum Gasteiger partial charge on any atom is 0.337 e. The third-order valence-corrected chi connectivity index (χ3v) is 5.67. The number of rotatable bonds is 8. The van der Waals surface area contributed by atoms with Gasteiger partial charge in [0.25, 0.3) is 0 Å². The first-order valence-electron chi connectivity index (χ1n) is 12.1. The molecule has 1 aromatic heterocycles. The minimum atomic E-state index is -0.416. The number of aromatic nitrogens is 2. The van der Waals surface area contributed by atoms with Crippen LogP contribution in [0.4, 0.5) is 28.8 Å². The van der Waals surface area contributed by atoms with E-state index in [0.29, 0.717) is 45.4 Å². The van der Waals surface area contributed by atoms with Gasteiger partial charge in [0.1, 0.15) is 17.3 Å². The zero-order valence-corrected chi connectivity index (χ0v) is 21.3. The number of carbonyl (C=O) groups is 2. The van der Waals surface area contributed by atoms with Crippen molar-refractivity contribution < 1.29 is 19.1 Å². The summed E-state index contributed by atoms with van der Waals surface area (Å²) in [6.07, 6.45) is 0. The van der Waals surface area contributed by atoms with Crippen LogP contribution < -0.4 is 20.7 Å². The minimum absolute atomic E-state index is 0.179. The fraction of sp³-hybridized carbons (Fsp3) is 0.0667. The molecule has 0 spiro atoms. The number of para-hydroxylation sites is 1. The molecule has 0 aliphatic rings. The predicted octanol–water partition coefficient (Wildman–Crippen LogP) is 6.65. The molecule has 0 bridgehead atoms. The molecule has 9 heteroatoms. The lowest BCUT2D eigenvalue weighted by molar-refractivity contribution is -0.114. The number of nitrogens with zero attached hydrogens (tertiary/aromatic N) is 2. The van der Waals surface area contributed by atoms with E-state index in [0.717, 1.165) is 11.4 Å². The van der Waals surface area contributed by atoms with E-state index in [1.165, 1.54) is 14.0 Å². The monoisotopic (exact) mass is 519 g/mol. The third-order valence-electron chi connectivity index (χ3n) is 5.67. The zero-order chi connectivity index (χ0) is 27.2. The summed E-state index contributed by atoms with van der Waals surface area (Å²) in [5.74, 6) is 1.76. The van der Waals surface area contributed by atoms with Gasteiger partial charge in [-0.3, -0.25) is 4.79 Å². The standard InChI is InChI=1S/C30H25N5O4/c1-19(36)31-23-14-17-27-26(18-23)28(32-21-10-8-20(9-11-21)29(37)38-2)35-30(34-27)33-22-12-15-25(16-13-22)39-24-6-4-3-5-7-24/h3-18H,1-2H3,(H,31,36)(H2,32,33,34,35). The van der Waals surface area contributed by atoms with Gasteiger partial charge in [0.15, 0.2) is 0 Å². The molecule has 5 aromatic rings. The van der Waals surface area contributed by atoms with Crippen molar-refractivity contribution in [2.24, 2.45) is 0 Å². The Kier molecular flexibility index (Phi) is 7.31. The molecule has 1 heterocycles. The molecular weight excluding hydrogens is 494 g/mol. The van der Waals surface area contributed by atoms with Crippen LogP contribution in [0.5, 0.6) is 11.5 Å². The second kappa shape index (κ2) is 11.3. The van der Waals surface area contributed by atoms with Crippen molar-refractivity contribution in [2.75, 3.05) is 23.1 Å². The smallest absolute Gasteiger partial charge is 0.337 e. The van der Waals surface area contributed by atoms with Crippen LogP contribution in [0.1, 0.15) is 17.3 Å². The Hall–Kier alpha value is -5.44. The largest absolute Gasteiger partial charge is 0.465 e. The third kappa shape index (κ3) is 6.28. The van der Waals surface area contributed by atoms with Crippen LogP contribution in [0.15, 0.2) is 97.1 Å². The van der Waals surface area contributed by atoms with Gasteiger partial charge in [0, 0.05) is 29.4 Å². The molecule has 0 atom stereocenters. The average molecular weight is 520 g/mol. The summed E-state index contributed by atoms with van der Waals surface area (Å²) in [7, 11) is 1.34. The Morgan fingerprint density at radius 1 is 0.718 bits per heavy atom. The Bertz CT molecular complexity index is 1620. The first-order chi connectivity index (χ1) is 19.0. The lowest BCUT2D eigenvalue weighted by Gasteiger charge is -2.14. The normalized spacial score (nSPS) is 10.5. The van der Waals surface area contributed by atoms with E-state index in [4.69, 9.17) is 14.5 Å². The maximum atomic E-state index is 11.8. The topological polar surface area (TPSA) is 114 Å². The fourth-order valence-corrected chi connectivity index (χ4v) is 3.86. The quantitative estimate of drug-likeness (QED) is 0.195. The van der Waals surface area contributed by atoms with Crippen molar-refractivity contribution in [3.05, 3.63) is 103 Å². The van der Waals surface area contributed by atoms with E-state index in [1.54, 1.807) is 36.4 Å². The summed E-state index contributed by atoms with van der Waals surface area (Å²) in [6.45, 7) is 1.45. The number of hydrogen-bond donors (Lipinski definition) is 3. The first kappa shape index (κ1) is 25.2. The Morgan fingerprint density at radius 2 is 1.36 bits per heavy atom. The summed E-state index contributed by atoms with van der Waals surface area (Å²) < 4.78 is 10.6. The van der Waals surface area contributed by atoms with Crippen molar-refractivity contribution in [3.63, 3.8) is 0 Å². The van der Waals surface area contributed by atoms with Gasteiger partial charge in [-0.2, -0.15) is 4.98 Å². The number of nitrogens with one attached hydrogen (secondary N) is 3. The number of hydrogen-bond acceptors (Lipinski definition) is 8. The van der Waals surface area contributed by atoms with Gasteiger partial charge in [-0.15, -0.1) is 0 Å². The number of methoxy groups -OCH3 is 1. The van der Waals surface area contributed by atoms with Crippen LogP contribution in [0.25, 0.3) is 10.9 Å². The first-order valence-corrected chi connectivity index (χ1v) is 12.1. The molecule has 5 rings (SSSR count). The van der Waals surface area contributed by atoms with E-state index in [-0.39, 0.29) is 5.91 Å². The van der Waals surface area contributed by atoms with E-state index >= 15 is 0 Å². The van der Waals surface area contributed by atoms with Gasteiger partial charge in [0.2, 0.25) is 11.9 Å². The van der Waals surface area contributed by atoms with Gasteiger partial charge in [-0.05, 0) is 78.9 Å². The maximum absolute atomic E-state index is 11.8. The van der Waals surface area contributed by atoms with Crippen LogP contribution in [-0.2, 0) is 9.53 Å². The second-order valence-electron chi connectivity index (χ2n) is 8.57. The Labute approximate surface area is 224 Å². The highest BCUT2D eigenvalue weighted by atomic mass is 16.5. The highest BCUT2D eigenvalue weighted by molar-refractivity contribution is 5.97. The van der Waals surface area contributed by atoms with Crippen LogP contribution >= 0.6 is 0 Å². The van der Waals surface area contributed by atoms with Crippen molar-refractivity contribution in [1.29, 1.82) is 0 Å². The molecule has 0 saturated carbocycles. The Balaban J connectivity index is 1.43. The molecule has 3 N–H and O–H groups in total. The molecule has 4 aromatic carbocycles. The molecule has 9 nitrogen and oxygen atoms in total. The summed E-state index contributed by atoms with van der Waals surface area (Å²) in [5, 5.41) is 10.0. The summed E-state index contributed by atoms with van der Waals surface area (Å²) in [4.78, 5) is 32.8. The van der Waals surface area contributed by atoms with E-state index < -0.39 is 5.97 Å². The van der Waals surface area contributed by atoms with E-state index in [2.05, 4.69) is 20.9 Å². The van der Waals surface area contributed by atoms with Crippen LogP contribution in [0.2, 0.25) is 0 Å². The molecule has 0 radical (unpaired) electrons. The molecule has 0 unspecified atom stereocenters. The number of fused-ring (bicyclic) bond motifs is 1. The van der Waals surface area contributed by atoms with Gasteiger partial charge < -0.3 is 25.4 Å². The second-order valence-corrected chi connectivity index (χ2v) is 8.57. The van der Waals surface area contributed by atoms with Crippen LogP contribution in [0, 0.1) is 0 Å². The number of anilines is 5. The minimum Gasteiger partial charge on any atom is -0.465 e. The molecule has 194 valence electrons. The molecule has 39 heavy (non-hydrogen) atoms. The molecule has 1 amide bonds. The number of amides is 1. The van der Waals surface area contributed by atoms with E-state index in [9.17, 15) is 9.59 Å². The van der Waals surface area contributed by atoms with Crippen molar-refractivity contribution in [1.82, 2.24) is 9.97 Å². The highest BCUT2D eigenvalue weighted by Crippen LogP contribution is 2.30. The van der Waals surface area contributed by atoms with Gasteiger partial charge in [0.05, 0.1) is 18.2 Å². The predicted molar refractivity (Wildman–Crippen MR) is 151 cm³/mol. The van der Waals surface area contributed by atoms with Crippen LogP contribution in [0.3, 0.4) is 0 Å². The summed E-state index contributed by atoms with van der Waals surface area (Å²) in [5.41, 5.74) is 3.21. The fourth-order valence-electron chi connectivity index (χ4n) is 3.86. The number of ether oxygens (including phenoxy) is 2. The van der Waals surface area contributed by atoms with Crippen LogP contribution in [-0.4, -0.2) is 29.0 Å². The van der Waals surface area contributed by atoms with Crippen molar-refractivity contribution in [2.45, 2.75) is 6.92 Å².